The molecule has 1 saturated heterocycles. The Morgan fingerprint density at radius 1 is 1.31 bits per heavy atom. The van der Waals surface area contributed by atoms with Crippen molar-refractivity contribution in [2.45, 2.75) is 12.3 Å². The monoisotopic (exact) mass is 370 g/mol. The van der Waals surface area contributed by atoms with Crippen molar-refractivity contribution < 1.29 is 14.1 Å². The molecule has 1 aromatic carbocycles. The zero-order chi connectivity index (χ0) is 18.1. The van der Waals surface area contributed by atoms with Gasteiger partial charge in [-0.1, -0.05) is 22.8 Å². The van der Waals surface area contributed by atoms with Crippen molar-refractivity contribution >= 4 is 23.2 Å². The molecule has 0 radical (unpaired) electrons. The van der Waals surface area contributed by atoms with Crippen LogP contribution in [0, 0.1) is 0 Å². The van der Waals surface area contributed by atoms with Crippen LogP contribution < -0.4 is 9.64 Å². The Balaban J connectivity index is 1.55. The highest BCUT2D eigenvalue weighted by atomic mass is 35.5. The second-order valence-electron chi connectivity index (χ2n) is 5.90. The molecular weight excluding hydrogens is 356 g/mol. The Labute approximate surface area is 154 Å². The summed E-state index contributed by atoms with van der Waals surface area (Å²) in [5.74, 6) is 1.25. The predicted octanol–water partition coefficient (Wildman–Crippen LogP) is 3.31. The van der Waals surface area contributed by atoms with Crippen LogP contribution in [0.2, 0.25) is 5.02 Å². The van der Waals surface area contributed by atoms with Gasteiger partial charge >= 0.3 is 0 Å². The number of carbonyl (C=O) groups excluding carboxylic acids is 1. The van der Waals surface area contributed by atoms with Crippen LogP contribution in [0.3, 0.4) is 0 Å². The van der Waals surface area contributed by atoms with Crippen LogP contribution in [0.15, 0.2) is 47.1 Å². The van der Waals surface area contributed by atoms with E-state index in [0.717, 1.165) is 5.69 Å². The van der Waals surface area contributed by atoms with Crippen molar-refractivity contribution in [3.8, 4) is 17.3 Å². The number of hydrogen-bond acceptors (Lipinski definition) is 6. The van der Waals surface area contributed by atoms with Crippen LogP contribution in [0.1, 0.15) is 18.2 Å². The Bertz CT molecular complexity index is 945. The third-order valence-corrected chi connectivity index (χ3v) is 4.56. The normalized spacial score (nSPS) is 16.9. The quantitative estimate of drug-likeness (QED) is 0.700. The van der Waals surface area contributed by atoms with E-state index >= 15 is 0 Å². The number of carbonyl (C=O) groups is 1. The fourth-order valence-corrected chi connectivity index (χ4v) is 3.20. The van der Waals surface area contributed by atoms with Crippen LogP contribution >= 0.6 is 11.6 Å². The van der Waals surface area contributed by atoms with Gasteiger partial charge in [0.1, 0.15) is 11.4 Å². The Hall–Kier alpha value is -2.93. The van der Waals surface area contributed by atoms with Crippen molar-refractivity contribution in [1.29, 1.82) is 0 Å². The van der Waals surface area contributed by atoms with Gasteiger partial charge in [0.05, 0.1) is 12.1 Å². The minimum Gasteiger partial charge on any atom is -0.495 e. The molecule has 0 saturated carbocycles. The Morgan fingerprint density at radius 3 is 2.92 bits per heavy atom. The second-order valence-corrected chi connectivity index (χ2v) is 6.30. The van der Waals surface area contributed by atoms with Crippen LogP contribution in [0.25, 0.3) is 11.6 Å². The van der Waals surface area contributed by atoms with Gasteiger partial charge in [0.2, 0.25) is 5.91 Å². The Kier molecular flexibility index (Phi) is 4.30. The third-order valence-electron chi connectivity index (χ3n) is 4.26. The number of pyridine rings is 1. The number of nitrogens with zero attached hydrogens (tertiary/aromatic N) is 4. The lowest BCUT2D eigenvalue weighted by Crippen LogP contribution is -2.24. The zero-order valence-electron chi connectivity index (χ0n) is 13.9. The summed E-state index contributed by atoms with van der Waals surface area (Å²) >= 11 is 6.17. The van der Waals surface area contributed by atoms with Gasteiger partial charge in [-0.05, 0) is 30.3 Å². The van der Waals surface area contributed by atoms with Crippen molar-refractivity contribution in [3.63, 3.8) is 0 Å². The first-order valence-corrected chi connectivity index (χ1v) is 8.42. The number of benzene rings is 1. The van der Waals surface area contributed by atoms with E-state index in [2.05, 4.69) is 15.1 Å². The van der Waals surface area contributed by atoms with Gasteiger partial charge in [-0.25, -0.2) is 0 Å². The average molecular weight is 371 g/mol. The van der Waals surface area contributed by atoms with Crippen molar-refractivity contribution in [1.82, 2.24) is 15.1 Å². The maximum atomic E-state index is 12.5. The lowest BCUT2D eigenvalue weighted by Gasteiger charge is -2.17. The van der Waals surface area contributed by atoms with Gasteiger partial charge in [0.15, 0.2) is 5.82 Å². The molecule has 8 heteroatoms. The van der Waals surface area contributed by atoms with Crippen LogP contribution in [-0.2, 0) is 4.79 Å². The lowest BCUT2D eigenvalue weighted by molar-refractivity contribution is -0.117. The van der Waals surface area contributed by atoms with Gasteiger partial charge in [0.25, 0.3) is 5.89 Å². The predicted molar refractivity (Wildman–Crippen MR) is 95.2 cm³/mol. The number of aromatic nitrogens is 3. The molecule has 4 rings (SSSR count). The first-order valence-electron chi connectivity index (χ1n) is 8.04. The maximum absolute atomic E-state index is 12.5. The molecule has 1 amide bonds. The van der Waals surface area contributed by atoms with Gasteiger partial charge in [-0.3, -0.25) is 9.78 Å². The van der Waals surface area contributed by atoms with Crippen LogP contribution in [-0.4, -0.2) is 34.7 Å². The highest BCUT2D eigenvalue weighted by molar-refractivity contribution is 6.32. The molecule has 7 nitrogen and oxygen atoms in total. The summed E-state index contributed by atoms with van der Waals surface area (Å²) < 4.78 is 10.4. The van der Waals surface area contributed by atoms with Gasteiger partial charge < -0.3 is 14.2 Å². The fraction of sp³-hybridized carbons (Fsp3) is 0.222. The third kappa shape index (κ3) is 3.01. The number of anilines is 1. The van der Waals surface area contributed by atoms with E-state index in [1.165, 1.54) is 0 Å². The van der Waals surface area contributed by atoms with E-state index < -0.39 is 0 Å². The SMILES string of the molecule is COc1ccc(N2CC(c3noc(-c4ccccn4)n3)CC2=O)cc1Cl. The number of hydrogen-bond donors (Lipinski definition) is 0. The maximum Gasteiger partial charge on any atom is 0.276 e. The minimum atomic E-state index is -0.149. The molecule has 1 aliphatic heterocycles. The summed E-state index contributed by atoms with van der Waals surface area (Å²) in [6.07, 6.45) is 1.97. The highest BCUT2D eigenvalue weighted by Crippen LogP contribution is 2.35. The van der Waals surface area contributed by atoms with E-state index in [4.69, 9.17) is 20.9 Å². The Morgan fingerprint density at radius 2 is 2.19 bits per heavy atom. The second kappa shape index (κ2) is 6.76. The van der Waals surface area contributed by atoms with E-state index in [1.807, 2.05) is 12.1 Å². The summed E-state index contributed by atoms with van der Waals surface area (Å²) in [4.78, 5) is 22.7. The topological polar surface area (TPSA) is 81.3 Å². The average Bonchev–Trinajstić information content (AvgIpc) is 3.29. The lowest BCUT2D eigenvalue weighted by atomic mass is 10.1. The molecule has 3 aromatic rings. The molecule has 0 aliphatic carbocycles. The number of amides is 1. The van der Waals surface area contributed by atoms with Gasteiger partial charge in [0, 0.05) is 30.8 Å². The molecule has 1 aliphatic rings. The summed E-state index contributed by atoms with van der Waals surface area (Å²) in [7, 11) is 1.55. The molecular formula is C18H15ClN4O3. The first kappa shape index (κ1) is 16.5. The molecule has 1 atom stereocenters. The zero-order valence-corrected chi connectivity index (χ0v) is 14.7. The molecule has 1 fully saturated rings. The van der Waals surface area contributed by atoms with E-state index in [-0.39, 0.29) is 11.8 Å². The van der Waals surface area contributed by atoms with E-state index in [9.17, 15) is 4.79 Å². The smallest absolute Gasteiger partial charge is 0.276 e. The van der Waals surface area contributed by atoms with Crippen molar-refractivity contribution in [2.75, 3.05) is 18.6 Å². The standard InChI is InChI=1S/C18H15ClN4O3/c1-25-15-6-5-12(9-13(15)19)23-10-11(8-16(23)24)17-21-18(26-22-17)14-4-2-3-7-20-14/h2-7,9,11H,8,10H2,1H3. The molecule has 0 bridgehead atoms. The summed E-state index contributed by atoms with van der Waals surface area (Å²) in [6, 6.07) is 10.7. The molecule has 3 heterocycles. The molecule has 132 valence electrons. The summed E-state index contributed by atoms with van der Waals surface area (Å²) in [5, 5.41) is 4.49. The largest absolute Gasteiger partial charge is 0.495 e. The summed E-state index contributed by atoms with van der Waals surface area (Å²) in [5.41, 5.74) is 1.33. The molecule has 0 spiro atoms. The van der Waals surface area contributed by atoms with Gasteiger partial charge in [-0.2, -0.15) is 4.98 Å². The van der Waals surface area contributed by atoms with Crippen molar-refractivity contribution in [2.24, 2.45) is 0 Å². The number of rotatable bonds is 4. The minimum absolute atomic E-state index is 0.0135. The molecule has 1 unspecified atom stereocenters. The number of halogens is 1. The highest BCUT2D eigenvalue weighted by Gasteiger charge is 2.35. The van der Waals surface area contributed by atoms with Crippen LogP contribution in [0.5, 0.6) is 5.75 Å². The van der Waals surface area contributed by atoms with Crippen molar-refractivity contribution in [3.05, 3.63) is 53.4 Å². The fourth-order valence-electron chi connectivity index (χ4n) is 2.95. The first-order chi connectivity index (χ1) is 12.7. The van der Waals surface area contributed by atoms with E-state index in [1.54, 1.807) is 42.5 Å². The number of ether oxygens (including phenoxy) is 1. The van der Waals surface area contributed by atoms with Gasteiger partial charge in [-0.15, -0.1) is 0 Å². The molecule has 0 N–H and O–H groups in total. The van der Waals surface area contributed by atoms with E-state index in [0.29, 0.717) is 41.1 Å². The number of methoxy groups -OCH3 is 1. The molecule has 26 heavy (non-hydrogen) atoms. The van der Waals surface area contributed by atoms with Crippen LogP contribution in [0.4, 0.5) is 5.69 Å². The molecule has 2 aromatic heterocycles. The summed E-state index contributed by atoms with van der Waals surface area (Å²) in [6.45, 7) is 0.461.